The van der Waals surface area contributed by atoms with Gasteiger partial charge in [-0.1, -0.05) is 10.4 Å². The van der Waals surface area contributed by atoms with Gasteiger partial charge >= 0.3 is 0 Å². The second kappa shape index (κ2) is 1.36. The van der Waals surface area contributed by atoms with Gasteiger partial charge in [-0.2, -0.15) is 0 Å². The quantitative estimate of drug-likeness (QED) is 0.536. The Labute approximate surface area is 49.5 Å². The smallest absolute Gasteiger partial charge is 0.256 e. The molecule has 1 aliphatic rings. The first-order valence-electron chi connectivity index (χ1n) is 2.22. The molecule has 0 atom stereocenters. The highest BCUT2D eigenvalue weighted by atomic mass is 17.0. The highest BCUT2D eigenvalue weighted by Crippen LogP contribution is 2.28. The molecule has 0 aliphatic carbocycles. The van der Waals surface area contributed by atoms with Crippen LogP contribution >= 0.6 is 0 Å². The molecule has 0 amide bonds. The summed E-state index contributed by atoms with van der Waals surface area (Å²) in [7, 11) is 0. The van der Waals surface area contributed by atoms with Crippen molar-refractivity contribution in [3.63, 3.8) is 0 Å². The molecule has 0 saturated carbocycles. The number of rotatable bonds is 0. The second-order valence-electron chi connectivity index (χ2n) is 1.50. The normalized spacial score (nSPS) is 15.4. The molecular weight excluding hydrogens is 126 g/mol. The summed E-state index contributed by atoms with van der Waals surface area (Å²) in [6, 6.07) is 0. The third kappa shape index (κ3) is 0.479. The largest absolute Gasteiger partial charge is 0.360 e. The lowest BCUT2D eigenvalue weighted by molar-refractivity contribution is -0.0517. The van der Waals surface area contributed by atoms with Gasteiger partial charge in [-0.3, -0.25) is 0 Å². The Morgan fingerprint density at radius 2 is 2.67 bits per heavy atom. The van der Waals surface area contributed by atoms with Gasteiger partial charge < -0.3 is 4.52 Å². The molecule has 0 spiro atoms. The van der Waals surface area contributed by atoms with Crippen molar-refractivity contribution >= 4 is 11.5 Å². The molecule has 0 fully saturated rings. The minimum Gasteiger partial charge on any atom is -0.360 e. The van der Waals surface area contributed by atoms with Gasteiger partial charge in [0, 0.05) is 0 Å². The first-order chi connectivity index (χ1) is 4.38. The van der Waals surface area contributed by atoms with E-state index < -0.39 is 0 Å². The lowest BCUT2D eigenvalue weighted by atomic mass is 10.6. The van der Waals surface area contributed by atoms with E-state index in [2.05, 4.69) is 20.1 Å². The zero-order valence-corrected chi connectivity index (χ0v) is 4.20. The molecule has 2 heterocycles. The molecule has 1 radical (unpaired) electrons. The van der Waals surface area contributed by atoms with Crippen LogP contribution in [-0.2, 0) is 10.1 Å². The average Bonchev–Trinajstić information content (AvgIpc) is 2.35. The molecule has 0 unspecified atom stereocenters. The Morgan fingerprint density at radius 3 is 3.44 bits per heavy atom. The van der Waals surface area contributed by atoms with Crippen molar-refractivity contribution < 1.29 is 14.7 Å². The summed E-state index contributed by atoms with van der Waals surface area (Å²) in [5.74, 6) is 0.120. The highest BCUT2D eigenvalue weighted by molar-refractivity contribution is 5.62. The van der Waals surface area contributed by atoms with Crippen molar-refractivity contribution in [1.82, 2.24) is 5.16 Å². The van der Waals surface area contributed by atoms with Crippen LogP contribution in [0.1, 0.15) is 0 Å². The van der Waals surface area contributed by atoms with Crippen LogP contribution in [0.15, 0.2) is 10.8 Å². The number of fused-ring (bicyclic) bond motifs is 1. The minimum absolute atomic E-state index is 0.120. The molecule has 1 N–H and O–H groups in total. The third-order valence-corrected chi connectivity index (χ3v) is 0.962. The molecular formula is C3H2N3O3. The van der Waals surface area contributed by atoms with E-state index in [1.165, 1.54) is 6.26 Å². The summed E-state index contributed by atoms with van der Waals surface area (Å²) in [6.45, 7) is 0. The van der Waals surface area contributed by atoms with Crippen LogP contribution in [0.4, 0.5) is 11.5 Å². The lowest BCUT2D eigenvalue weighted by Gasteiger charge is -1.95. The Balaban J connectivity index is 2.49. The number of nitrogens with zero attached hydrogens (tertiary/aromatic N) is 2. The molecule has 1 aliphatic heterocycles. The maximum atomic E-state index is 10.4. The van der Waals surface area contributed by atoms with E-state index in [4.69, 9.17) is 0 Å². The lowest BCUT2D eigenvalue weighted by Crippen LogP contribution is -2.12. The van der Waals surface area contributed by atoms with Gasteiger partial charge in [0.25, 0.3) is 5.82 Å². The number of hydrogen-bond donors (Lipinski definition) is 1. The van der Waals surface area contributed by atoms with Gasteiger partial charge in [-0.25, -0.2) is 5.48 Å². The monoisotopic (exact) mass is 128 g/mol. The van der Waals surface area contributed by atoms with Crippen LogP contribution in [0.5, 0.6) is 0 Å². The van der Waals surface area contributed by atoms with Crippen LogP contribution in [0.2, 0.25) is 0 Å². The molecule has 6 heteroatoms. The van der Waals surface area contributed by atoms with E-state index in [-0.39, 0.29) is 11.0 Å². The van der Waals surface area contributed by atoms with E-state index >= 15 is 0 Å². The van der Waals surface area contributed by atoms with E-state index in [9.17, 15) is 5.21 Å². The zero-order chi connectivity index (χ0) is 6.27. The minimum atomic E-state index is 0.120. The molecule has 2 rings (SSSR count). The number of hydrogen-bond acceptors (Lipinski definition) is 5. The van der Waals surface area contributed by atoms with Crippen LogP contribution in [0.3, 0.4) is 0 Å². The topological polar surface area (TPSA) is 70.4 Å². The molecule has 0 saturated heterocycles. The van der Waals surface area contributed by atoms with Gasteiger partial charge in [0.2, 0.25) is 0 Å². The number of anilines is 2. The Morgan fingerprint density at radius 1 is 1.78 bits per heavy atom. The van der Waals surface area contributed by atoms with Crippen molar-refractivity contribution in [3.8, 4) is 0 Å². The van der Waals surface area contributed by atoms with Crippen molar-refractivity contribution in [2.24, 2.45) is 0 Å². The maximum absolute atomic E-state index is 10.4. The Kier molecular flexibility index (Phi) is 0.696. The van der Waals surface area contributed by atoms with E-state index in [1.807, 2.05) is 0 Å². The van der Waals surface area contributed by atoms with E-state index in [0.29, 0.717) is 5.69 Å². The van der Waals surface area contributed by atoms with Crippen LogP contribution in [0.25, 0.3) is 0 Å². The fraction of sp³-hybridized carbons (Fsp3) is 0. The number of aromatic nitrogens is 1. The fourth-order valence-electron chi connectivity index (χ4n) is 0.566. The van der Waals surface area contributed by atoms with Gasteiger partial charge in [-0.15, -0.1) is 4.94 Å². The summed E-state index contributed by atoms with van der Waals surface area (Å²) in [4.78, 5) is 4.27. The molecule has 6 nitrogen and oxygen atoms in total. The van der Waals surface area contributed by atoms with Crippen LogP contribution in [-0.4, -0.2) is 5.16 Å². The Bertz CT molecular complexity index is 222. The van der Waals surface area contributed by atoms with E-state index in [0.717, 1.165) is 0 Å². The van der Waals surface area contributed by atoms with Gasteiger partial charge in [0.1, 0.15) is 0 Å². The molecule has 0 aromatic carbocycles. The fourth-order valence-corrected chi connectivity index (χ4v) is 0.566. The van der Waals surface area contributed by atoms with Gasteiger partial charge in [0.05, 0.1) is 0 Å². The first kappa shape index (κ1) is 4.59. The maximum Gasteiger partial charge on any atom is 0.256 e. The summed E-state index contributed by atoms with van der Waals surface area (Å²) in [5.41, 5.74) is 2.74. The van der Waals surface area contributed by atoms with Gasteiger partial charge in [-0.05, 0) is 5.23 Å². The van der Waals surface area contributed by atoms with Crippen LogP contribution < -0.4 is 10.7 Å². The SMILES string of the molecule is [O]N1ONc2conc21. The summed E-state index contributed by atoms with van der Waals surface area (Å²) < 4.78 is 4.42. The summed E-state index contributed by atoms with van der Waals surface area (Å²) >= 11 is 0. The number of nitrogens with one attached hydrogen (secondary N) is 1. The molecule has 1 aromatic heterocycles. The highest BCUT2D eigenvalue weighted by Gasteiger charge is 2.23. The average molecular weight is 128 g/mol. The van der Waals surface area contributed by atoms with E-state index in [1.54, 1.807) is 0 Å². The molecule has 9 heavy (non-hydrogen) atoms. The Hall–Kier alpha value is -1.27. The predicted octanol–water partition coefficient (Wildman–Crippen LogP) is 0.0986. The molecule has 47 valence electrons. The van der Waals surface area contributed by atoms with Crippen molar-refractivity contribution in [1.29, 1.82) is 0 Å². The second-order valence-corrected chi connectivity index (χ2v) is 1.50. The molecule has 1 aromatic rings. The standard InChI is InChI=1S/C3H2N3O3/c7-6-3-2(4-9-6)1-8-5-3/h1,4H. The zero-order valence-electron chi connectivity index (χ0n) is 4.20. The van der Waals surface area contributed by atoms with Crippen LogP contribution in [0, 0.1) is 0 Å². The summed E-state index contributed by atoms with van der Waals surface area (Å²) in [5, 5.41) is 14.0. The van der Waals surface area contributed by atoms with Gasteiger partial charge in [0.15, 0.2) is 12.0 Å². The predicted molar refractivity (Wildman–Crippen MR) is 24.4 cm³/mol. The first-order valence-corrected chi connectivity index (χ1v) is 2.22. The van der Waals surface area contributed by atoms with Crippen molar-refractivity contribution in [3.05, 3.63) is 6.26 Å². The molecule has 0 bridgehead atoms. The third-order valence-electron chi connectivity index (χ3n) is 0.962. The van der Waals surface area contributed by atoms with Crippen molar-refractivity contribution in [2.75, 3.05) is 10.7 Å². The summed E-state index contributed by atoms with van der Waals surface area (Å²) in [6.07, 6.45) is 1.28. The van der Waals surface area contributed by atoms with Crippen molar-refractivity contribution in [2.45, 2.75) is 0 Å².